The fraction of sp³-hybridized carbons (Fsp3) is 0. The van der Waals surface area contributed by atoms with Gasteiger partial charge in [0.2, 0.25) is 0 Å². The Hall–Kier alpha value is -0.800. The van der Waals surface area contributed by atoms with E-state index in [9.17, 15) is 0 Å². The number of benzene rings is 1. The van der Waals surface area contributed by atoms with Gasteiger partial charge in [-0.3, -0.25) is 4.98 Å². The molecule has 68 valence electrons. The number of fused-ring (bicyclic) bond motifs is 1. The number of nitrogens with zero attached hydrogens (tertiary/aromatic N) is 1. The van der Waals surface area contributed by atoms with Crippen LogP contribution in [0.4, 0.5) is 0 Å². The zero-order valence-corrected chi connectivity index (χ0v) is 9.04. The molecule has 0 atom stereocenters. The van der Waals surface area contributed by atoms with E-state index >= 15 is 0 Å². The molecule has 13 heavy (non-hydrogen) atoms. The topological polar surface area (TPSA) is 33.1 Å². The third kappa shape index (κ3) is 1.92. The van der Waals surface area contributed by atoms with Crippen molar-refractivity contribution in [3.63, 3.8) is 0 Å². The van der Waals surface area contributed by atoms with Gasteiger partial charge in [0.1, 0.15) is 5.75 Å². The molecule has 0 aliphatic carbocycles. The van der Waals surface area contributed by atoms with Gasteiger partial charge in [0.25, 0.3) is 0 Å². The van der Waals surface area contributed by atoms with Crippen molar-refractivity contribution in [2.75, 3.05) is 0 Å². The molecule has 0 unspecified atom stereocenters. The van der Waals surface area contributed by atoms with Crippen molar-refractivity contribution in [1.82, 2.24) is 4.98 Å². The molecule has 0 amide bonds. The molecule has 0 saturated carbocycles. The average molecular weight is 261 g/mol. The second-order valence-electron chi connectivity index (χ2n) is 2.49. The van der Waals surface area contributed by atoms with Crippen molar-refractivity contribution >= 4 is 39.5 Å². The zero-order valence-electron chi connectivity index (χ0n) is 6.57. The van der Waals surface area contributed by atoms with Crippen molar-refractivity contribution in [1.29, 1.82) is 0 Å². The number of rotatable bonds is 0. The first-order chi connectivity index (χ1) is 5.77. The summed E-state index contributed by atoms with van der Waals surface area (Å²) in [6.07, 6.45) is 1.64. The lowest BCUT2D eigenvalue weighted by molar-refractivity contribution is 0.476. The maximum atomic E-state index is 9.17. The van der Waals surface area contributed by atoms with E-state index in [0.29, 0.717) is 5.02 Å². The van der Waals surface area contributed by atoms with Crippen LogP contribution in [0.1, 0.15) is 0 Å². The first-order valence-corrected chi connectivity index (χ1v) is 3.88. The standard InChI is InChI=1S/C9H6ClNO.BrH/c10-8-3-4-11-9-2-1-6(12)5-7(8)9;/h1-5,12H;1H. The number of pyridine rings is 1. The second kappa shape index (κ2) is 3.94. The molecule has 0 bridgehead atoms. The molecule has 1 heterocycles. The highest BCUT2D eigenvalue weighted by Crippen LogP contribution is 2.24. The number of aromatic hydroxyl groups is 1. The molecule has 1 aromatic carbocycles. The molecule has 0 aliphatic heterocycles. The monoisotopic (exact) mass is 259 g/mol. The van der Waals surface area contributed by atoms with Crippen LogP contribution in [0.15, 0.2) is 30.5 Å². The lowest BCUT2D eigenvalue weighted by Crippen LogP contribution is -1.77. The summed E-state index contributed by atoms with van der Waals surface area (Å²) >= 11 is 5.88. The summed E-state index contributed by atoms with van der Waals surface area (Å²) in [7, 11) is 0. The Labute approximate surface area is 90.9 Å². The smallest absolute Gasteiger partial charge is 0.116 e. The van der Waals surface area contributed by atoms with Crippen molar-refractivity contribution in [2.24, 2.45) is 0 Å². The van der Waals surface area contributed by atoms with E-state index in [0.717, 1.165) is 10.9 Å². The van der Waals surface area contributed by atoms with Crippen LogP contribution in [0, 0.1) is 0 Å². The van der Waals surface area contributed by atoms with Gasteiger partial charge in [0.15, 0.2) is 0 Å². The third-order valence-corrected chi connectivity index (χ3v) is 2.00. The largest absolute Gasteiger partial charge is 0.508 e. The molecule has 2 aromatic rings. The Balaban J connectivity index is 0.000000845. The van der Waals surface area contributed by atoms with Gasteiger partial charge in [-0.1, -0.05) is 11.6 Å². The third-order valence-electron chi connectivity index (χ3n) is 1.67. The lowest BCUT2D eigenvalue weighted by atomic mass is 10.2. The Morgan fingerprint density at radius 2 is 2.00 bits per heavy atom. The summed E-state index contributed by atoms with van der Waals surface area (Å²) in [6, 6.07) is 6.62. The Kier molecular flexibility index (Phi) is 3.12. The van der Waals surface area contributed by atoms with Crippen molar-refractivity contribution < 1.29 is 5.11 Å². The highest BCUT2D eigenvalue weighted by molar-refractivity contribution is 8.93. The summed E-state index contributed by atoms with van der Waals surface area (Å²) in [4.78, 5) is 4.09. The minimum Gasteiger partial charge on any atom is -0.508 e. The van der Waals surface area contributed by atoms with E-state index in [1.54, 1.807) is 30.5 Å². The van der Waals surface area contributed by atoms with E-state index in [-0.39, 0.29) is 22.7 Å². The van der Waals surface area contributed by atoms with E-state index in [1.165, 1.54) is 0 Å². The molecule has 0 saturated heterocycles. The number of halogens is 2. The number of aromatic nitrogens is 1. The second-order valence-corrected chi connectivity index (χ2v) is 2.90. The minimum atomic E-state index is 0. The SMILES string of the molecule is Br.Oc1ccc2nccc(Cl)c2c1. The fourth-order valence-electron chi connectivity index (χ4n) is 1.10. The van der Waals surface area contributed by atoms with Crippen LogP contribution in [-0.2, 0) is 0 Å². The number of hydrogen-bond donors (Lipinski definition) is 1. The van der Waals surface area contributed by atoms with Gasteiger partial charge in [-0.2, -0.15) is 0 Å². The molecule has 0 fully saturated rings. The number of hydrogen-bond acceptors (Lipinski definition) is 2. The first-order valence-electron chi connectivity index (χ1n) is 3.50. The highest BCUT2D eigenvalue weighted by Gasteiger charge is 1.99. The normalized spacial score (nSPS) is 9.62. The summed E-state index contributed by atoms with van der Waals surface area (Å²) in [5.41, 5.74) is 0.792. The van der Waals surface area contributed by atoms with Gasteiger partial charge in [-0.15, -0.1) is 17.0 Å². The number of phenolic OH excluding ortho intramolecular Hbond substituents is 1. The van der Waals surface area contributed by atoms with Crippen LogP contribution in [-0.4, -0.2) is 10.1 Å². The predicted octanol–water partition coefficient (Wildman–Crippen LogP) is 3.17. The summed E-state index contributed by atoms with van der Waals surface area (Å²) in [5, 5.41) is 10.6. The molecular weight excluding hydrogens is 253 g/mol. The van der Waals surface area contributed by atoms with Crippen LogP contribution >= 0.6 is 28.6 Å². The van der Waals surface area contributed by atoms with Crippen LogP contribution in [0.5, 0.6) is 5.75 Å². The first kappa shape index (κ1) is 10.3. The van der Waals surface area contributed by atoms with Gasteiger partial charge >= 0.3 is 0 Å². The Bertz CT molecular complexity index is 433. The molecule has 2 nitrogen and oxygen atoms in total. The molecule has 1 aromatic heterocycles. The minimum absolute atomic E-state index is 0. The lowest BCUT2D eigenvalue weighted by Gasteiger charge is -1.98. The summed E-state index contributed by atoms with van der Waals surface area (Å²) < 4.78 is 0. The predicted molar refractivity (Wildman–Crippen MR) is 58.7 cm³/mol. The van der Waals surface area contributed by atoms with Crippen molar-refractivity contribution in [3.8, 4) is 5.75 Å². The maximum absolute atomic E-state index is 9.17. The van der Waals surface area contributed by atoms with Crippen LogP contribution < -0.4 is 0 Å². The van der Waals surface area contributed by atoms with Crippen molar-refractivity contribution in [3.05, 3.63) is 35.5 Å². The molecule has 0 aliphatic rings. The quantitative estimate of drug-likeness (QED) is 0.789. The summed E-state index contributed by atoms with van der Waals surface area (Å²) in [6.45, 7) is 0. The highest BCUT2D eigenvalue weighted by atomic mass is 79.9. The molecule has 0 spiro atoms. The van der Waals surface area contributed by atoms with Gasteiger partial charge < -0.3 is 5.11 Å². The number of phenols is 1. The van der Waals surface area contributed by atoms with E-state index < -0.39 is 0 Å². The maximum Gasteiger partial charge on any atom is 0.116 e. The zero-order chi connectivity index (χ0) is 8.55. The molecule has 1 N–H and O–H groups in total. The molecule has 4 heteroatoms. The van der Waals surface area contributed by atoms with Crippen LogP contribution in [0.25, 0.3) is 10.9 Å². The van der Waals surface area contributed by atoms with Gasteiger partial charge in [-0.25, -0.2) is 0 Å². The van der Waals surface area contributed by atoms with Crippen molar-refractivity contribution in [2.45, 2.75) is 0 Å². The van der Waals surface area contributed by atoms with Gasteiger partial charge in [0.05, 0.1) is 10.5 Å². The molecular formula is C9H7BrClNO. The van der Waals surface area contributed by atoms with Gasteiger partial charge in [-0.05, 0) is 24.3 Å². The van der Waals surface area contributed by atoms with Crippen LogP contribution in [0.2, 0.25) is 5.02 Å². The van der Waals surface area contributed by atoms with E-state index in [2.05, 4.69) is 4.98 Å². The Morgan fingerprint density at radius 3 is 2.77 bits per heavy atom. The fourth-order valence-corrected chi connectivity index (χ4v) is 1.31. The molecule has 0 radical (unpaired) electrons. The molecule has 2 rings (SSSR count). The Morgan fingerprint density at radius 1 is 1.23 bits per heavy atom. The summed E-state index contributed by atoms with van der Waals surface area (Å²) in [5.74, 6) is 0.206. The van der Waals surface area contributed by atoms with E-state index in [4.69, 9.17) is 16.7 Å². The van der Waals surface area contributed by atoms with Crippen LogP contribution in [0.3, 0.4) is 0 Å². The van der Waals surface area contributed by atoms with E-state index in [1.807, 2.05) is 0 Å². The van der Waals surface area contributed by atoms with Gasteiger partial charge in [0, 0.05) is 11.6 Å². The average Bonchev–Trinajstić information content (AvgIpc) is 2.07.